The third kappa shape index (κ3) is 3.12. The molecule has 0 unspecified atom stereocenters. The maximum Gasteiger partial charge on any atom is 0.497 e. The van der Waals surface area contributed by atoms with Crippen LogP contribution in [0.25, 0.3) is 0 Å². The van der Waals surface area contributed by atoms with E-state index in [4.69, 9.17) is 14.0 Å². The van der Waals surface area contributed by atoms with Crippen molar-refractivity contribution in [2.75, 3.05) is 0 Å². The van der Waals surface area contributed by atoms with Gasteiger partial charge in [-0.2, -0.15) is 0 Å². The van der Waals surface area contributed by atoms with Gasteiger partial charge in [-0.05, 0) is 45.9 Å². The molecule has 0 aromatic heterocycles. The Bertz CT molecular complexity index is 685. The van der Waals surface area contributed by atoms with Gasteiger partial charge in [0, 0.05) is 11.5 Å². The lowest BCUT2D eigenvalue weighted by Gasteiger charge is -2.32. The monoisotopic (exact) mass is 314 g/mol. The lowest BCUT2D eigenvalue weighted by molar-refractivity contribution is 0.00578. The Morgan fingerprint density at radius 3 is 2.04 bits per heavy atom. The predicted molar refractivity (Wildman–Crippen MR) is 88.6 cm³/mol. The largest absolute Gasteiger partial charge is 0.497 e. The lowest BCUT2D eigenvalue weighted by atomic mass is 9.78. The maximum atomic E-state index is 14.5. The molecule has 0 saturated carbocycles. The fraction of sp³-hybridized carbons (Fsp3) is 0.333. The summed E-state index contributed by atoms with van der Waals surface area (Å²) in [7, 11) is -0.717. The summed E-state index contributed by atoms with van der Waals surface area (Å²) in [5.74, 6) is 0.696. The minimum Gasteiger partial charge on any atom is -0.457 e. The van der Waals surface area contributed by atoms with Crippen LogP contribution in [-0.2, 0) is 9.31 Å². The van der Waals surface area contributed by atoms with Crippen molar-refractivity contribution in [3.05, 3.63) is 54.3 Å². The zero-order chi connectivity index (χ0) is 16.7. The standard InChI is InChI=1S/C18H20BFO3/c1-17(2)18(3,4)23-19(22-17)15-11-10-14(12-16(15)20)21-13-8-6-5-7-9-13/h5-12H,1-4H3. The molecule has 0 bridgehead atoms. The van der Waals surface area contributed by atoms with E-state index in [1.54, 1.807) is 12.1 Å². The van der Waals surface area contributed by atoms with Crippen molar-refractivity contribution in [3.8, 4) is 11.5 Å². The first kappa shape index (κ1) is 16.0. The highest BCUT2D eigenvalue weighted by atomic mass is 19.1. The van der Waals surface area contributed by atoms with Gasteiger partial charge in [0.2, 0.25) is 0 Å². The van der Waals surface area contributed by atoms with Crippen LogP contribution < -0.4 is 10.2 Å². The number of hydrogen-bond donors (Lipinski definition) is 0. The van der Waals surface area contributed by atoms with Crippen molar-refractivity contribution in [1.82, 2.24) is 0 Å². The van der Waals surface area contributed by atoms with Crippen LogP contribution in [0.3, 0.4) is 0 Å². The average Bonchev–Trinajstić information content (AvgIpc) is 2.68. The second-order valence-corrected chi connectivity index (χ2v) is 6.69. The van der Waals surface area contributed by atoms with Crippen LogP contribution in [0.1, 0.15) is 27.7 Å². The second-order valence-electron chi connectivity index (χ2n) is 6.69. The van der Waals surface area contributed by atoms with Crippen LogP contribution in [0.5, 0.6) is 11.5 Å². The zero-order valence-corrected chi connectivity index (χ0v) is 13.8. The summed E-state index contributed by atoms with van der Waals surface area (Å²) in [6.45, 7) is 7.77. The molecular weight excluding hydrogens is 294 g/mol. The van der Waals surface area contributed by atoms with E-state index in [1.807, 2.05) is 58.0 Å². The van der Waals surface area contributed by atoms with Gasteiger partial charge in [-0.15, -0.1) is 0 Å². The predicted octanol–water partition coefficient (Wildman–Crippen LogP) is 3.92. The van der Waals surface area contributed by atoms with Crippen LogP contribution in [0, 0.1) is 5.82 Å². The van der Waals surface area contributed by atoms with Crippen molar-refractivity contribution >= 4 is 12.6 Å². The highest BCUT2D eigenvalue weighted by Gasteiger charge is 2.52. The molecule has 1 fully saturated rings. The molecule has 2 aromatic rings. The van der Waals surface area contributed by atoms with Crippen LogP contribution in [-0.4, -0.2) is 18.3 Å². The fourth-order valence-electron chi connectivity index (χ4n) is 2.36. The number of rotatable bonds is 3. The Labute approximate surface area is 136 Å². The molecular formula is C18H20BFO3. The molecule has 0 radical (unpaired) electrons. The number of halogens is 1. The number of hydrogen-bond acceptors (Lipinski definition) is 3. The van der Waals surface area contributed by atoms with E-state index >= 15 is 0 Å². The van der Waals surface area contributed by atoms with Gasteiger partial charge in [0.15, 0.2) is 0 Å². The van der Waals surface area contributed by atoms with Crippen LogP contribution in [0.15, 0.2) is 48.5 Å². The fourth-order valence-corrected chi connectivity index (χ4v) is 2.36. The first-order valence-electron chi connectivity index (χ1n) is 7.66. The second kappa shape index (κ2) is 5.66. The van der Waals surface area contributed by atoms with Crippen LogP contribution in [0.4, 0.5) is 4.39 Å². The third-order valence-corrected chi connectivity index (χ3v) is 4.46. The minimum atomic E-state index is -0.717. The number of benzene rings is 2. The van der Waals surface area contributed by atoms with Crippen molar-refractivity contribution in [2.45, 2.75) is 38.9 Å². The normalized spacial score (nSPS) is 18.9. The number of para-hydroxylation sites is 1. The third-order valence-electron chi connectivity index (χ3n) is 4.46. The van der Waals surface area contributed by atoms with Crippen LogP contribution in [0.2, 0.25) is 0 Å². The molecule has 0 aliphatic carbocycles. The highest BCUT2D eigenvalue weighted by molar-refractivity contribution is 6.62. The summed E-state index contributed by atoms with van der Waals surface area (Å²) in [4.78, 5) is 0. The van der Waals surface area contributed by atoms with E-state index in [9.17, 15) is 4.39 Å². The summed E-state index contributed by atoms with van der Waals surface area (Å²) in [6, 6.07) is 14.0. The Hall–Kier alpha value is -1.85. The topological polar surface area (TPSA) is 27.7 Å². The molecule has 2 aromatic carbocycles. The molecule has 3 rings (SSSR count). The van der Waals surface area contributed by atoms with Gasteiger partial charge in [0.1, 0.15) is 17.3 Å². The molecule has 1 heterocycles. The quantitative estimate of drug-likeness (QED) is 0.804. The Balaban J connectivity index is 1.81. The van der Waals surface area contributed by atoms with Gasteiger partial charge >= 0.3 is 7.12 Å². The van der Waals surface area contributed by atoms with Gasteiger partial charge in [0.05, 0.1) is 11.2 Å². The van der Waals surface area contributed by atoms with Gasteiger partial charge in [-0.3, -0.25) is 0 Å². The molecule has 1 aliphatic rings. The summed E-state index contributed by atoms with van der Waals surface area (Å²) in [5, 5.41) is 0. The lowest BCUT2D eigenvalue weighted by Crippen LogP contribution is -2.41. The molecule has 5 heteroatoms. The molecule has 120 valence electrons. The van der Waals surface area contributed by atoms with E-state index in [1.165, 1.54) is 6.07 Å². The SMILES string of the molecule is CC1(C)OB(c2ccc(Oc3ccccc3)cc2F)OC1(C)C. The first-order chi connectivity index (χ1) is 10.8. The summed E-state index contributed by atoms with van der Waals surface area (Å²) in [6.07, 6.45) is 0. The van der Waals surface area contributed by atoms with E-state index < -0.39 is 24.1 Å². The summed E-state index contributed by atoms with van der Waals surface area (Å²) >= 11 is 0. The number of ether oxygens (including phenoxy) is 1. The zero-order valence-electron chi connectivity index (χ0n) is 13.8. The smallest absolute Gasteiger partial charge is 0.457 e. The molecule has 23 heavy (non-hydrogen) atoms. The van der Waals surface area contributed by atoms with Crippen LogP contribution >= 0.6 is 0 Å². The van der Waals surface area contributed by atoms with E-state index in [0.29, 0.717) is 17.0 Å². The molecule has 0 spiro atoms. The van der Waals surface area contributed by atoms with E-state index in [-0.39, 0.29) is 0 Å². The summed E-state index contributed by atoms with van der Waals surface area (Å²) in [5.41, 5.74) is -0.615. The van der Waals surface area contributed by atoms with Gasteiger partial charge < -0.3 is 14.0 Å². The molecule has 0 amide bonds. The van der Waals surface area contributed by atoms with E-state index in [0.717, 1.165) is 0 Å². The maximum absolute atomic E-state index is 14.5. The van der Waals surface area contributed by atoms with Crippen molar-refractivity contribution in [3.63, 3.8) is 0 Å². The molecule has 3 nitrogen and oxygen atoms in total. The van der Waals surface area contributed by atoms with Crippen molar-refractivity contribution in [1.29, 1.82) is 0 Å². The Kier molecular flexibility index (Phi) is 3.94. The molecule has 0 N–H and O–H groups in total. The minimum absolute atomic E-state index is 0.379. The van der Waals surface area contributed by atoms with Gasteiger partial charge in [0.25, 0.3) is 0 Å². The molecule has 1 saturated heterocycles. The van der Waals surface area contributed by atoms with Gasteiger partial charge in [-0.25, -0.2) is 4.39 Å². The first-order valence-corrected chi connectivity index (χ1v) is 7.66. The Morgan fingerprint density at radius 1 is 0.870 bits per heavy atom. The van der Waals surface area contributed by atoms with E-state index in [2.05, 4.69) is 0 Å². The summed E-state index contributed by atoms with van der Waals surface area (Å²) < 4.78 is 31.9. The highest BCUT2D eigenvalue weighted by Crippen LogP contribution is 2.36. The average molecular weight is 314 g/mol. The molecule has 1 aliphatic heterocycles. The Morgan fingerprint density at radius 2 is 1.48 bits per heavy atom. The van der Waals surface area contributed by atoms with Crippen molar-refractivity contribution in [2.24, 2.45) is 0 Å². The van der Waals surface area contributed by atoms with Crippen molar-refractivity contribution < 1.29 is 18.4 Å². The van der Waals surface area contributed by atoms with Gasteiger partial charge in [-0.1, -0.05) is 24.3 Å². The molecule has 0 atom stereocenters.